The highest BCUT2D eigenvalue weighted by molar-refractivity contribution is 5.94. The van der Waals surface area contributed by atoms with Gasteiger partial charge in [-0.15, -0.1) is 0 Å². The number of nitrogens with one attached hydrogen (secondary N) is 3. The van der Waals surface area contributed by atoms with Crippen molar-refractivity contribution >= 4 is 22.3 Å². The van der Waals surface area contributed by atoms with Gasteiger partial charge in [-0.1, -0.05) is 6.07 Å². The van der Waals surface area contributed by atoms with Crippen LogP contribution >= 0.6 is 0 Å². The van der Waals surface area contributed by atoms with E-state index < -0.39 is 0 Å². The number of aryl methyl sites for hydroxylation is 1. The zero-order valence-corrected chi connectivity index (χ0v) is 18.6. The first-order valence-electron chi connectivity index (χ1n) is 10.9. The SMILES string of the molecule is COc1cncc(-c2cc3cc[nH]c(=O)c3c(Nc3ccc(C4C[CH]NCC4)c(C)c3)n2)n1. The Bertz CT molecular complexity index is 1360. The largest absolute Gasteiger partial charge is 0.480 e. The van der Waals surface area contributed by atoms with Gasteiger partial charge in [-0.05, 0) is 73.0 Å². The number of ether oxygens (including phenoxy) is 1. The molecule has 0 aliphatic carbocycles. The van der Waals surface area contributed by atoms with Crippen LogP contribution in [0.4, 0.5) is 11.5 Å². The van der Waals surface area contributed by atoms with E-state index in [2.05, 4.69) is 51.2 Å². The first-order valence-corrected chi connectivity index (χ1v) is 10.9. The number of piperidine rings is 1. The second-order valence-corrected chi connectivity index (χ2v) is 8.15. The topological polar surface area (TPSA) is 105 Å². The Morgan fingerprint density at radius 1 is 1.12 bits per heavy atom. The number of hydrogen-bond donors (Lipinski definition) is 3. The minimum Gasteiger partial charge on any atom is -0.480 e. The number of hydrogen-bond acceptors (Lipinski definition) is 7. The van der Waals surface area contributed by atoms with Gasteiger partial charge in [0, 0.05) is 18.4 Å². The van der Waals surface area contributed by atoms with Crippen molar-refractivity contribution in [3.8, 4) is 17.3 Å². The van der Waals surface area contributed by atoms with Crippen molar-refractivity contribution in [2.75, 3.05) is 19.0 Å². The van der Waals surface area contributed by atoms with E-state index in [1.807, 2.05) is 18.2 Å². The van der Waals surface area contributed by atoms with Crippen LogP contribution in [-0.4, -0.2) is 33.6 Å². The number of nitrogens with zero attached hydrogens (tertiary/aromatic N) is 3. The van der Waals surface area contributed by atoms with Gasteiger partial charge in [0.2, 0.25) is 5.88 Å². The lowest BCUT2D eigenvalue weighted by atomic mass is 9.87. The minimum atomic E-state index is -0.204. The number of H-pyrrole nitrogens is 1. The van der Waals surface area contributed by atoms with E-state index in [-0.39, 0.29) is 5.56 Å². The Kier molecular flexibility index (Phi) is 5.75. The van der Waals surface area contributed by atoms with Gasteiger partial charge in [0.15, 0.2) is 0 Å². The van der Waals surface area contributed by atoms with Gasteiger partial charge < -0.3 is 20.4 Å². The lowest BCUT2D eigenvalue weighted by Crippen LogP contribution is -2.22. The molecule has 1 aliphatic rings. The van der Waals surface area contributed by atoms with Crippen LogP contribution in [0.2, 0.25) is 0 Å². The minimum absolute atomic E-state index is 0.204. The van der Waals surface area contributed by atoms with E-state index in [1.54, 1.807) is 25.7 Å². The van der Waals surface area contributed by atoms with Gasteiger partial charge in [0.05, 0.1) is 30.6 Å². The Balaban J connectivity index is 1.55. The summed E-state index contributed by atoms with van der Waals surface area (Å²) in [5.74, 6) is 1.39. The molecule has 0 bridgehead atoms. The Morgan fingerprint density at radius 2 is 2.03 bits per heavy atom. The molecular formula is C25H25N6O2. The highest BCUT2D eigenvalue weighted by Crippen LogP contribution is 2.32. The summed E-state index contributed by atoms with van der Waals surface area (Å²) in [6.07, 6.45) is 6.94. The van der Waals surface area contributed by atoms with Gasteiger partial charge in [-0.3, -0.25) is 9.78 Å². The van der Waals surface area contributed by atoms with E-state index in [1.165, 1.54) is 11.1 Å². The van der Waals surface area contributed by atoms with E-state index in [9.17, 15) is 4.79 Å². The highest BCUT2D eigenvalue weighted by atomic mass is 16.5. The van der Waals surface area contributed by atoms with Crippen molar-refractivity contribution in [2.45, 2.75) is 25.7 Å². The first kappa shape index (κ1) is 21.1. The molecule has 0 spiro atoms. The molecule has 4 aromatic rings. The summed E-state index contributed by atoms with van der Waals surface area (Å²) in [7, 11) is 1.54. The van der Waals surface area contributed by atoms with Gasteiger partial charge in [-0.2, -0.15) is 0 Å². The molecule has 1 saturated heterocycles. The quantitative estimate of drug-likeness (QED) is 0.429. The van der Waals surface area contributed by atoms with Crippen molar-refractivity contribution in [2.24, 2.45) is 0 Å². The molecule has 0 amide bonds. The van der Waals surface area contributed by atoms with Crippen LogP contribution in [0.15, 0.2) is 53.7 Å². The predicted octanol–water partition coefficient (Wildman–Crippen LogP) is 4.07. The fraction of sp³-hybridized carbons (Fsp3) is 0.240. The summed E-state index contributed by atoms with van der Waals surface area (Å²) in [4.78, 5) is 28.8. The molecule has 1 radical (unpaired) electrons. The Labute approximate surface area is 191 Å². The lowest BCUT2D eigenvalue weighted by molar-refractivity contribution is 0.396. The molecule has 33 heavy (non-hydrogen) atoms. The fourth-order valence-electron chi connectivity index (χ4n) is 4.34. The number of pyridine rings is 2. The number of rotatable bonds is 5. The second kappa shape index (κ2) is 8.99. The molecule has 8 heteroatoms. The molecule has 3 aromatic heterocycles. The average Bonchev–Trinajstić information content (AvgIpc) is 2.84. The van der Waals surface area contributed by atoms with Crippen LogP contribution in [0.25, 0.3) is 22.2 Å². The smallest absolute Gasteiger partial charge is 0.259 e. The first-order chi connectivity index (χ1) is 16.1. The summed E-state index contributed by atoms with van der Waals surface area (Å²) in [5, 5.41) is 7.92. The molecular weight excluding hydrogens is 416 g/mol. The van der Waals surface area contributed by atoms with Crippen LogP contribution < -0.4 is 20.9 Å². The third kappa shape index (κ3) is 4.29. The van der Waals surface area contributed by atoms with E-state index in [4.69, 9.17) is 9.72 Å². The number of methoxy groups -OCH3 is 1. The molecule has 0 saturated carbocycles. The van der Waals surface area contributed by atoms with E-state index >= 15 is 0 Å². The van der Waals surface area contributed by atoms with Crippen LogP contribution in [0.1, 0.15) is 29.9 Å². The number of fused-ring (bicyclic) bond motifs is 1. The third-order valence-electron chi connectivity index (χ3n) is 5.99. The van der Waals surface area contributed by atoms with Gasteiger partial charge >= 0.3 is 0 Å². The maximum Gasteiger partial charge on any atom is 0.259 e. The summed E-state index contributed by atoms with van der Waals surface area (Å²) in [5.41, 5.74) is 4.40. The van der Waals surface area contributed by atoms with Crippen LogP contribution in [-0.2, 0) is 0 Å². The standard InChI is InChI=1S/C25H25N6O2/c1-15-11-18(3-4-19(15)16-5-8-26-9-6-16)29-24-23-17(7-10-28-25(23)32)12-20(31-24)21-13-27-14-22(30-21)33-2/h3-4,7-8,10-14,16,26H,5-6,9H2,1-2H3,(H,28,32)(H,29,31). The number of aromatic nitrogens is 4. The van der Waals surface area contributed by atoms with Crippen LogP contribution in [0.5, 0.6) is 5.88 Å². The molecule has 1 fully saturated rings. The highest BCUT2D eigenvalue weighted by Gasteiger charge is 2.18. The molecule has 1 atom stereocenters. The molecule has 167 valence electrons. The fourth-order valence-corrected chi connectivity index (χ4v) is 4.34. The van der Waals surface area contributed by atoms with Gasteiger partial charge in [-0.25, -0.2) is 9.97 Å². The van der Waals surface area contributed by atoms with Gasteiger partial charge in [0.25, 0.3) is 5.56 Å². The van der Waals surface area contributed by atoms with E-state index in [0.717, 1.165) is 30.5 Å². The van der Waals surface area contributed by atoms with E-state index in [0.29, 0.717) is 34.4 Å². The lowest BCUT2D eigenvalue weighted by Gasteiger charge is -2.24. The molecule has 8 nitrogen and oxygen atoms in total. The maximum atomic E-state index is 12.7. The van der Waals surface area contributed by atoms with Crippen LogP contribution in [0.3, 0.4) is 0 Å². The Hall–Kier alpha value is -3.78. The van der Waals surface area contributed by atoms with Crippen LogP contribution in [0, 0.1) is 13.5 Å². The summed E-state index contributed by atoms with van der Waals surface area (Å²) >= 11 is 0. The summed E-state index contributed by atoms with van der Waals surface area (Å²) < 4.78 is 5.20. The second-order valence-electron chi connectivity index (χ2n) is 8.15. The van der Waals surface area contributed by atoms with Crippen molar-refractivity contribution in [1.82, 2.24) is 25.3 Å². The molecule has 3 N–H and O–H groups in total. The summed E-state index contributed by atoms with van der Waals surface area (Å²) in [6.45, 7) is 5.28. The zero-order valence-electron chi connectivity index (χ0n) is 18.6. The van der Waals surface area contributed by atoms with Crippen molar-refractivity contribution < 1.29 is 4.74 Å². The zero-order chi connectivity index (χ0) is 22.8. The maximum absolute atomic E-state index is 12.7. The molecule has 1 aliphatic heterocycles. The summed E-state index contributed by atoms with van der Waals surface area (Å²) in [6, 6.07) is 10.0. The molecule has 1 unspecified atom stereocenters. The number of benzene rings is 1. The van der Waals surface area contributed by atoms with Crippen molar-refractivity contribution in [3.63, 3.8) is 0 Å². The normalized spacial score (nSPS) is 14.4. The predicted molar refractivity (Wildman–Crippen MR) is 129 cm³/mol. The average molecular weight is 442 g/mol. The number of anilines is 2. The monoisotopic (exact) mass is 441 g/mol. The molecule has 5 rings (SSSR count). The van der Waals surface area contributed by atoms with Crippen molar-refractivity contribution in [1.29, 1.82) is 0 Å². The van der Waals surface area contributed by atoms with Crippen molar-refractivity contribution in [3.05, 3.63) is 76.9 Å². The van der Waals surface area contributed by atoms with Gasteiger partial charge in [0.1, 0.15) is 11.5 Å². The third-order valence-corrected chi connectivity index (χ3v) is 5.99. The molecule has 4 heterocycles. The molecule has 1 aromatic carbocycles. The Morgan fingerprint density at radius 3 is 2.82 bits per heavy atom. The number of aromatic amines is 1.